The molecule has 0 bridgehead atoms. The van der Waals surface area contributed by atoms with Gasteiger partial charge in [0.05, 0.1) is 6.04 Å². The number of fused-ring (bicyclic) bond motifs is 1. The smallest absolute Gasteiger partial charge is 0.235 e. The van der Waals surface area contributed by atoms with Gasteiger partial charge in [-0.1, -0.05) is 12.1 Å². The molecule has 1 aliphatic heterocycles. The summed E-state index contributed by atoms with van der Waals surface area (Å²) in [5.41, 5.74) is 0. The van der Waals surface area contributed by atoms with Crippen LogP contribution in [0.4, 0.5) is 0 Å². The minimum absolute atomic E-state index is 0.0471. The Bertz CT molecular complexity index is 410. The average molecular weight is 256 g/mol. The van der Waals surface area contributed by atoms with E-state index >= 15 is 0 Å². The van der Waals surface area contributed by atoms with E-state index < -0.39 is 0 Å². The van der Waals surface area contributed by atoms with Crippen LogP contribution in [0.2, 0.25) is 0 Å². The molecule has 0 aromatic heterocycles. The normalized spacial score (nSPS) is 19.5. The van der Waals surface area contributed by atoms with Crippen LogP contribution in [0.15, 0.2) is 24.3 Å². The zero-order valence-electron chi connectivity index (χ0n) is 9.48. The highest BCUT2D eigenvalue weighted by molar-refractivity contribution is 6.27. The topological polar surface area (TPSA) is 47.6 Å². The number of carbonyl (C=O) groups is 1. The number of benzene rings is 1. The highest BCUT2D eigenvalue weighted by Crippen LogP contribution is 2.31. The number of amides is 1. The van der Waals surface area contributed by atoms with Crippen LogP contribution in [0.5, 0.6) is 11.5 Å². The van der Waals surface area contributed by atoms with Crippen molar-refractivity contribution in [3.63, 3.8) is 0 Å². The standard InChI is InChI=1S/C12H14ClNO3/c1-8(14-12(15)6-13)11-7-16-9-4-2-3-5-10(9)17-11/h2-5,8,11H,6-7H2,1H3,(H,14,15)/t8-,11-/m1/s1. The van der Waals surface area contributed by atoms with Crippen molar-refractivity contribution < 1.29 is 14.3 Å². The number of nitrogens with one attached hydrogen (secondary N) is 1. The third-order valence-corrected chi connectivity index (χ3v) is 2.84. The predicted molar refractivity (Wildman–Crippen MR) is 64.7 cm³/mol. The van der Waals surface area contributed by atoms with Crippen LogP contribution in [-0.4, -0.2) is 30.5 Å². The lowest BCUT2D eigenvalue weighted by atomic mass is 10.1. The molecule has 17 heavy (non-hydrogen) atoms. The Morgan fingerprint density at radius 2 is 2.24 bits per heavy atom. The summed E-state index contributed by atoms with van der Waals surface area (Å²) in [5, 5.41) is 2.75. The number of ether oxygens (including phenoxy) is 2. The van der Waals surface area contributed by atoms with Crippen LogP contribution in [0.25, 0.3) is 0 Å². The number of alkyl halides is 1. The zero-order chi connectivity index (χ0) is 12.3. The molecular weight excluding hydrogens is 242 g/mol. The van der Waals surface area contributed by atoms with E-state index in [1.807, 2.05) is 31.2 Å². The third kappa shape index (κ3) is 2.82. The van der Waals surface area contributed by atoms with Gasteiger partial charge < -0.3 is 14.8 Å². The molecule has 2 atom stereocenters. The second-order valence-corrected chi connectivity index (χ2v) is 4.17. The van der Waals surface area contributed by atoms with Crippen molar-refractivity contribution in [1.82, 2.24) is 5.32 Å². The first kappa shape index (κ1) is 12.0. The molecule has 0 saturated heterocycles. The molecule has 5 heteroatoms. The zero-order valence-corrected chi connectivity index (χ0v) is 10.2. The van der Waals surface area contributed by atoms with Crippen LogP contribution in [0.3, 0.4) is 0 Å². The first-order valence-electron chi connectivity index (χ1n) is 5.44. The van der Waals surface area contributed by atoms with Gasteiger partial charge in [-0.05, 0) is 19.1 Å². The fourth-order valence-corrected chi connectivity index (χ4v) is 1.74. The van der Waals surface area contributed by atoms with E-state index in [-0.39, 0.29) is 23.9 Å². The van der Waals surface area contributed by atoms with Crippen molar-refractivity contribution in [1.29, 1.82) is 0 Å². The number of para-hydroxylation sites is 2. The molecule has 0 unspecified atom stereocenters. The molecule has 0 saturated carbocycles. The van der Waals surface area contributed by atoms with Crippen molar-refractivity contribution in [2.24, 2.45) is 0 Å². The van der Waals surface area contributed by atoms with Crippen LogP contribution >= 0.6 is 11.6 Å². The summed E-state index contributed by atoms with van der Waals surface area (Å²) in [6, 6.07) is 7.33. The fourth-order valence-electron chi connectivity index (χ4n) is 1.67. The molecule has 0 radical (unpaired) electrons. The van der Waals surface area contributed by atoms with Crippen LogP contribution in [0, 0.1) is 0 Å². The molecule has 0 spiro atoms. The van der Waals surface area contributed by atoms with E-state index in [4.69, 9.17) is 21.1 Å². The van der Waals surface area contributed by atoms with E-state index in [0.717, 1.165) is 5.75 Å². The Labute approximate surface area is 105 Å². The number of rotatable bonds is 3. The van der Waals surface area contributed by atoms with E-state index in [9.17, 15) is 4.79 Å². The molecule has 0 aliphatic carbocycles. The summed E-state index contributed by atoms with van der Waals surface area (Å²) in [5.74, 6) is 1.19. The van der Waals surface area contributed by atoms with Gasteiger partial charge in [-0.25, -0.2) is 0 Å². The van der Waals surface area contributed by atoms with Gasteiger partial charge in [0.25, 0.3) is 0 Å². The molecule has 92 valence electrons. The molecular formula is C12H14ClNO3. The molecule has 4 nitrogen and oxygen atoms in total. The van der Waals surface area contributed by atoms with Gasteiger partial charge in [-0.15, -0.1) is 11.6 Å². The minimum Gasteiger partial charge on any atom is -0.486 e. The third-order valence-electron chi connectivity index (χ3n) is 2.60. The average Bonchev–Trinajstić information content (AvgIpc) is 2.38. The second-order valence-electron chi connectivity index (χ2n) is 3.90. The van der Waals surface area contributed by atoms with E-state index in [2.05, 4.69) is 5.32 Å². The number of hydrogen-bond acceptors (Lipinski definition) is 3. The van der Waals surface area contributed by atoms with E-state index in [1.165, 1.54) is 0 Å². The van der Waals surface area contributed by atoms with Crippen molar-refractivity contribution >= 4 is 17.5 Å². The van der Waals surface area contributed by atoms with Crippen molar-refractivity contribution in [2.45, 2.75) is 19.1 Å². The van der Waals surface area contributed by atoms with Crippen LogP contribution in [-0.2, 0) is 4.79 Å². The lowest BCUT2D eigenvalue weighted by Gasteiger charge is -2.30. The fraction of sp³-hybridized carbons (Fsp3) is 0.417. The van der Waals surface area contributed by atoms with Gasteiger partial charge in [0.1, 0.15) is 12.5 Å². The first-order valence-corrected chi connectivity index (χ1v) is 5.98. The second kappa shape index (κ2) is 5.27. The Kier molecular flexibility index (Phi) is 3.74. The number of hydrogen-bond donors (Lipinski definition) is 1. The Morgan fingerprint density at radius 3 is 2.94 bits per heavy atom. The summed E-state index contributed by atoms with van der Waals surface area (Å²) >= 11 is 5.43. The minimum atomic E-state index is -0.207. The number of halogens is 1. The summed E-state index contributed by atoms with van der Waals surface area (Å²) in [4.78, 5) is 11.2. The molecule has 1 aliphatic rings. The van der Waals surface area contributed by atoms with Crippen molar-refractivity contribution in [2.75, 3.05) is 12.5 Å². The Balaban J connectivity index is 2.00. The summed E-state index contributed by atoms with van der Waals surface area (Å²) in [6.07, 6.45) is -0.197. The van der Waals surface area contributed by atoms with Gasteiger partial charge in [-0.2, -0.15) is 0 Å². The molecule has 1 N–H and O–H groups in total. The summed E-state index contributed by atoms with van der Waals surface area (Å²) < 4.78 is 11.3. The highest BCUT2D eigenvalue weighted by Gasteiger charge is 2.26. The molecule has 2 rings (SSSR count). The van der Waals surface area contributed by atoms with Crippen LogP contribution in [0.1, 0.15) is 6.92 Å². The van der Waals surface area contributed by atoms with Crippen LogP contribution < -0.4 is 14.8 Å². The van der Waals surface area contributed by atoms with Gasteiger partial charge >= 0.3 is 0 Å². The molecule has 1 aromatic carbocycles. The molecule has 1 amide bonds. The van der Waals surface area contributed by atoms with Crippen molar-refractivity contribution in [3.05, 3.63) is 24.3 Å². The Morgan fingerprint density at radius 1 is 1.53 bits per heavy atom. The van der Waals surface area contributed by atoms with Gasteiger partial charge in [-0.3, -0.25) is 4.79 Å². The van der Waals surface area contributed by atoms with E-state index in [0.29, 0.717) is 12.4 Å². The molecule has 1 aromatic rings. The lowest BCUT2D eigenvalue weighted by molar-refractivity contribution is -0.120. The summed E-state index contributed by atoms with van der Waals surface area (Å²) in [6.45, 7) is 2.28. The first-order chi connectivity index (χ1) is 8.20. The SMILES string of the molecule is C[C@@H](NC(=O)CCl)[C@H]1COc2ccccc2O1. The summed E-state index contributed by atoms with van der Waals surface area (Å²) in [7, 11) is 0. The number of carbonyl (C=O) groups excluding carboxylic acids is 1. The predicted octanol–water partition coefficient (Wildman–Crippen LogP) is 1.57. The van der Waals surface area contributed by atoms with Crippen molar-refractivity contribution in [3.8, 4) is 11.5 Å². The maximum atomic E-state index is 11.2. The van der Waals surface area contributed by atoms with Gasteiger partial charge in [0, 0.05) is 0 Å². The Hall–Kier alpha value is -1.42. The van der Waals surface area contributed by atoms with E-state index in [1.54, 1.807) is 0 Å². The maximum Gasteiger partial charge on any atom is 0.235 e. The highest BCUT2D eigenvalue weighted by atomic mass is 35.5. The molecule has 1 heterocycles. The maximum absolute atomic E-state index is 11.2. The van der Waals surface area contributed by atoms with Gasteiger partial charge in [0.2, 0.25) is 5.91 Å². The lowest BCUT2D eigenvalue weighted by Crippen LogP contribution is -2.48. The largest absolute Gasteiger partial charge is 0.486 e. The molecule has 0 fully saturated rings. The monoisotopic (exact) mass is 255 g/mol. The van der Waals surface area contributed by atoms with Gasteiger partial charge in [0.15, 0.2) is 17.6 Å². The quantitative estimate of drug-likeness (QED) is 0.834.